The highest BCUT2D eigenvalue weighted by Gasteiger charge is 2.20. The predicted octanol–water partition coefficient (Wildman–Crippen LogP) is 5.78. The van der Waals surface area contributed by atoms with Gasteiger partial charge in [0.05, 0.1) is 11.7 Å². The summed E-state index contributed by atoms with van der Waals surface area (Å²) in [5, 5.41) is 10.7. The molecule has 0 saturated heterocycles. The van der Waals surface area contributed by atoms with Crippen LogP contribution in [0.3, 0.4) is 0 Å². The Morgan fingerprint density at radius 3 is 2.46 bits per heavy atom. The third kappa shape index (κ3) is 4.61. The van der Waals surface area contributed by atoms with Crippen LogP contribution in [0.5, 0.6) is 5.75 Å². The first-order valence-corrected chi connectivity index (χ1v) is 9.90. The van der Waals surface area contributed by atoms with Crippen molar-refractivity contribution in [2.45, 2.75) is 32.2 Å². The normalized spacial score (nSPS) is 16.9. The minimum atomic E-state index is -0.131. The van der Waals surface area contributed by atoms with Gasteiger partial charge < -0.3 is 9.78 Å². The molecule has 0 radical (unpaired) electrons. The Kier molecular flexibility index (Phi) is 6.16. The Morgan fingerprint density at radius 1 is 1.00 bits per heavy atom. The third-order valence-corrected chi connectivity index (χ3v) is 5.29. The number of allylic oxidation sites excluding steroid dienone is 4. The van der Waals surface area contributed by atoms with Crippen LogP contribution in [-0.4, -0.2) is 17.4 Å². The highest BCUT2D eigenvalue weighted by Crippen LogP contribution is 2.33. The predicted molar refractivity (Wildman–Crippen MR) is 123 cm³/mol. The number of anilines is 1. The molecule has 0 amide bonds. The zero-order chi connectivity index (χ0) is 20.1. The van der Waals surface area contributed by atoms with Crippen molar-refractivity contribution in [2.75, 3.05) is 4.67 Å². The van der Waals surface area contributed by atoms with Gasteiger partial charge in [0.2, 0.25) is 0 Å². The Hall–Kier alpha value is -2.64. The maximum absolute atomic E-state index is 10.7. The van der Waals surface area contributed by atoms with Crippen molar-refractivity contribution in [2.24, 2.45) is 4.99 Å². The van der Waals surface area contributed by atoms with Crippen molar-refractivity contribution in [1.29, 1.82) is 0 Å². The molecule has 0 fully saturated rings. The molecule has 2 aromatic carbocycles. The number of aromatic hydroxyl groups is 1. The first kappa shape index (κ1) is 20.1. The summed E-state index contributed by atoms with van der Waals surface area (Å²) in [6.07, 6.45) is 11.9. The molecule has 1 aliphatic rings. The van der Waals surface area contributed by atoms with Crippen LogP contribution in [0.1, 0.15) is 31.9 Å². The maximum atomic E-state index is 10.7. The largest absolute Gasteiger partial charge is 0.507 e. The number of hydrogen-bond acceptors (Lipinski definition) is 3. The second-order valence-corrected chi connectivity index (χ2v) is 8.36. The Bertz CT molecular complexity index is 937. The van der Waals surface area contributed by atoms with Crippen LogP contribution in [-0.2, 0) is 5.41 Å². The average molecular weight is 390 g/mol. The second-order valence-electron chi connectivity index (χ2n) is 7.80. The molecule has 0 bridgehead atoms. The lowest BCUT2D eigenvalue weighted by Crippen LogP contribution is -2.25. The topological polar surface area (TPSA) is 35.8 Å². The summed E-state index contributed by atoms with van der Waals surface area (Å²) in [5.74, 6) is 0.293. The lowest BCUT2D eigenvalue weighted by Gasteiger charge is -2.27. The monoisotopic (exact) mass is 390 g/mol. The van der Waals surface area contributed by atoms with E-state index in [4.69, 9.17) is 4.99 Å². The molecule has 4 heteroatoms. The molecule has 3 nitrogen and oxygen atoms in total. The van der Waals surface area contributed by atoms with Crippen molar-refractivity contribution >= 4 is 21.3 Å². The molecule has 2 atom stereocenters. The van der Waals surface area contributed by atoms with Gasteiger partial charge in [0.15, 0.2) is 0 Å². The van der Waals surface area contributed by atoms with E-state index in [0.29, 0.717) is 5.75 Å². The molecular weight excluding hydrogens is 363 g/mol. The molecule has 0 spiro atoms. The number of hydrogen-bond donors (Lipinski definition) is 1. The van der Waals surface area contributed by atoms with Crippen molar-refractivity contribution in [1.82, 2.24) is 0 Å². The van der Waals surface area contributed by atoms with E-state index in [0.717, 1.165) is 22.5 Å². The molecule has 0 aliphatic heterocycles. The maximum Gasteiger partial charge on any atom is 0.128 e. The third-order valence-electron chi connectivity index (χ3n) is 4.67. The molecule has 28 heavy (non-hydrogen) atoms. The fourth-order valence-electron chi connectivity index (χ4n) is 3.12. The SMILES string of the molecule is CC(C)(C)c1cccc(/C=N/C2=CC=CC=CC2N(P)c2ccccc2)c1O. The van der Waals surface area contributed by atoms with Crippen LogP contribution >= 0.6 is 9.39 Å². The molecule has 2 aromatic rings. The lowest BCUT2D eigenvalue weighted by molar-refractivity contribution is 0.446. The summed E-state index contributed by atoms with van der Waals surface area (Å²) in [5.41, 5.74) is 3.49. The van der Waals surface area contributed by atoms with Gasteiger partial charge in [-0.3, -0.25) is 4.99 Å². The smallest absolute Gasteiger partial charge is 0.128 e. The fourth-order valence-corrected chi connectivity index (χ4v) is 3.54. The van der Waals surface area contributed by atoms with Gasteiger partial charge in [-0.25, -0.2) is 0 Å². The Morgan fingerprint density at radius 2 is 1.75 bits per heavy atom. The lowest BCUT2D eigenvalue weighted by atomic mass is 9.85. The molecule has 2 unspecified atom stereocenters. The average Bonchev–Trinajstić information content (AvgIpc) is 2.92. The number of rotatable bonds is 4. The first-order chi connectivity index (χ1) is 13.4. The van der Waals surface area contributed by atoms with E-state index in [1.165, 1.54) is 0 Å². The van der Waals surface area contributed by atoms with E-state index in [2.05, 4.69) is 53.0 Å². The van der Waals surface area contributed by atoms with Crippen molar-refractivity contribution in [3.8, 4) is 5.75 Å². The molecule has 0 heterocycles. The van der Waals surface area contributed by atoms with Gasteiger partial charge in [0.25, 0.3) is 0 Å². The van der Waals surface area contributed by atoms with Crippen molar-refractivity contribution in [3.05, 3.63) is 95.7 Å². The van der Waals surface area contributed by atoms with Gasteiger partial charge in [0.1, 0.15) is 5.75 Å². The number of phenols is 1. The van der Waals surface area contributed by atoms with Crippen molar-refractivity contribution in [3.63, 3.8) is 0 Å². The summed E-state index contributed by atoms with van der Waals surface area (Å²) in [4.78, 5) is 4.74. The van der Waals surface area contributed by atoms with Gasteiger partial charge in [-0.2, -0.15) is 0 Å². The van der Waals surface area contributed by atoms with Crippen LogP contribution in [0.25, 0.3) is 0 Å². The zero-order valence-corrected chi connectivity index (χ0v) is 17.7. The van der Waals surface area contributed by atoms with Gasteiger partial charge in [-0.1, -0.05) is 75.4 Å². The van der Waals surface area contributed by atoms with E-state index in [9.17, 15) is 5.11 Å². The van der Waals surface area contributed by atoms with Gasteiger partial charge >= 0.3 is 0 Å². The highest BCUT2D eigenvalue weighted by molar-refractivity contribution is 7.19. The molecule has 3 rings (SSSR count). The van der Waals surface area contributed by atoms with E-state index >= 15 is 0 Å². The zero-order valence-electron chi connectivity index (χ0n) is 16.6. The van der Waals surface area contributed by atoms with Crippen LogP contribution in [0.15, 0.2) is 89.6 Å². The van der Waals surface area contributed by atoms with Gasteiger partial charge in [0, 0.05) is 17.5 Å². The van der Waals surface area contributed by atoms with Crippen molar-refractivity contribution < 1.29 is 5.11 Å². The van der Waals surface area contributed by atoms with Crippen LogP contribution in [0.4, 0.5) is 5.69 Å². The Labute approximate surface area is 170 Å². The fraction of sp³-hybridized carbons (Fsp3) is 0.208. The van der Waals surface area contributed by atoms with E-state index in [1.54, 1.807) is 6.21 Å². The van der Waals surface area contributed by atoms with Crippen LogP contribution in [0.2, 0.25) is 0 Å². The number of nitrogens with zero attached hydrogens (tertiary/aromatic N) is 2. The van der Waals surface area contributed by atoms with E-state index < -0.39 is 0 Å². The quantitative estimate of drug-likeness (QED) is 0.530. The summed E-state index contributed by atoms with van der Waals surface area (Å²) < 4.78 is 2.11. The number of phenolic OH excluding ortho intramolecular Hbond substituents is 1. The molecule has 0 saturated carbocycles. The standard InChI is InChI=1S/C24H27N2OP/c1-24(2,3)20-14-10-11-18(23(20)27)17-25-21-15-8-5-9-16-22(21)26(28)19-12-6-4-7-13-19/h4-17,22,27H,28H2,1-3H3/b25-17+. The molecule has 144 valence electrons. The minimum absolute atomic E-state index is 0.0356. The number of para-hydroxylation sites is 2. The highest BCUT2D eigenvalue weighted by atomic mass is 31.0. The summed E-state index contributed by atoms with van der Waals surface area (Å²) in [6, 6.07) is 16.0. The Balaban J connectivity index is 1.92. The summed E-state index contributed by atoms with van der Waals surface area (Å²) in [7, 11) is 2.79. The minimum Gasteiger partial charge on any atom is -0.507 e. The van der Waals surface area contributed by atoms with E-state index in [-0.39, 0.29) is 11.5 Å². The molecule has 0 aromatic heterocycles. The summed E-state index contributed by atoms with van der Waals surface area (Å²) in [6.45, 7) is 6.28. The molecular formula is C24H27N2OP. The number of aliphatic imine (C=N–C) groups is 1. The van der Waals surface area contributed by atoms with E-state index in [1.807, 2.05) is 60.7 Å². The first-order valence-electron chi connectivity index (χ1n) is 9.38. The van der Waals surface area contributed by atoms with Gasteiger partial charge in [-0.15, -0.1) is 0 Å². The molecule has 1 aliphatic carbocycles. The second kappa shape index (κ2) is 8.58. The van der Waals surface area contributed by atoms with Crippen LogP contribution in [0, 0.1) is 0 Å². The van der Waals surface area contributed by atoms with Crippen LogP contribution < -0.4 is 4.67 Å². The number of benzene rings is 2. The van der Waals surface area contributed by atoms with Gasteiger partial charge in [-0.05, 0) is 44.6 Å². The molecule has 1 N–H and O–H groups in total. The summed E-state index contributed by atoms with van der Waals surface area (Å²) >= 11 is 0.